The van der Waals surface area contributed by atoms with Gasteiger partial charge in [0.2, 0.25) is 0 Å². The number of carbonyl (C=O) groups excluding carboxylic acids is 6. The molecule has 0 aromatic heterocycles. The van der Waals surface area contributed by atoms with Crippen molar-refractivity contribution in [3.05, 3.63) is 58.3 Å². The number of benzene rings is 1. The van der Waals surface area contributed by atoms with Crippen molar-refractivity contribution in [3.63, 3.8) is 0 Å². The second-order valence-electron chi connectivity index (χ2n) is 20.0. The van der Waals surface area contributed by atoms with Gasteiger partial charge in [-0.05, 0) is 160 Å². The molecule has 0 spiro atoms. The lowest BCUT2D eigenvalue weighted by Crippen LogP contribution is -2.33. The molecule has 0 saturated heterocycles. The molecule has 0 radical (unpaired) electrons. The average Bonchev–Trinajstić information content (AvgIpc) is 3.85. The quantitative estimate of drug-likeness (QED) is 0.0111. The number of hydrogen-bond acceptors (Lipinski definition) is 18. The Hall–Kier alpha value is -4.71. The number of ether oxygens (including phenoxy) is 8. The van der Waals surface area contributed by atoms with E-state index in [-0.39, 0.29) is 65.9 Å². The smallest absolute Gasteiger partial charge is 0.338 e. The first-order valence-electron chi connectivity index (χ1n) is 26.4. The first-order chi connectivity index (χ1) is 35.8. The van der Waals surface area contributed by atoms with Crippen molar-refractivity contribution in [1.29, 1.82) is 0 Å². The summed E-state index contributed by atoms with van der Waals surface area (Å²) in [6.45, 7) is 20.8. The molecule has 0 atom stereocenters. The Morgan fingerprint density at radius 3 is 1.61 bits per heavy atom. The van der Waals surface area contributed by atoms with Crippen molar-refractivity contribution in [1.82, 2.24) is 0 Å². The van der Waals surface area contributed by atoms with E-state index in [0.717, 1.165) is 87.4 Å². The molecule has 74 heavy (non-hydrogen) atoms. The summed E-state index contributed by atoms with van der Waals surface area (Å²) in [5.74, 6) is -3.04. The van der Waals surface area contributed by atoms with E-state index in [9.17, 15) is 28.8 Å². The van der Waals surface area contributed by atoms with Crippen molar-refractivity contribution < 1.29 is 76.8 Å². The summed E-state index contributed by atoms with van der Waals surface area (Å²) in [4.78, 5) is 86.5. The van der Waals surface area contributed by atoms with E-state index in [1.807, 2.05) is 0 Å². The van der Waals surface area contributed by atoms with E-state index < -0.39 is 41.8 Å². The Balaban J connectivity index is 0.966. The summed E-state index contributed by atoms with van der Waals surface area (Å²) in [7, 11) is 0. The van der Waals surface area contributed by atoms with Crippen LogP contribution in [0, 0.1) is 36.2 Å². The fourth-order valence-corrected chi connectivity index (χ4v) is 12.6. The molecule has 0 amide bonds. The van der Waals surface area contributed by atoms with Crippen LogP contribution in [0.25, 0.3) is 4.85 Å². The molecule has 406 valence electrons. The van der Waals surface area contributed by atoms with E-state index in [0.29, 0.717) is 117 Å². The Morgan fingerprint density at radius 1 is 0.649 bits per heavy atom. The molecule has 4 aliphatic carbocycles. The second-order valence-corrected chi connectivity index (χ2v) is 22.3. The number of nitrogens with zero attached hydrogens (tertiary/aromatic N) is 1. The molecule has 6 rings (SSSR count). The number of thioether (sulfide) groups is 2. The third-order valence-corrected chi connectivity index (χ3v) is 16.9. The minimum absolute atomic E-state index is 0.0783. The van der Waals surface area contributed by atoms with Crippen LogP contribution in [0.5, 0.6) is 11.5 Å². The van der Waals surface area contributed by atoms with Gasteiger partial charge in [0.05, 0.1) is 69.7 Å². The normalized spacial score (nSPS) is 25.3. The van der Waals surface area contributed by atoms with Gasteiger partial charge in [-0.1, -0.05) is 42.3 Å². The first kappa shape index (κ1) is 58.5. The predicted molar refractivity (Wildman–Crippen MR) is 273 cm³/mol. The molecule has 0 bridgehead atoms. The highest BCUT2D eigenvalue weighted by atomic mass is 32.2. The monoisotopic (exact) mass is 1070 g/mol. The highest BCUT2D eigenvalue weighted by Gasteiger charge is 2.38. The lowest BCUT2D eigenvalue weighted by molar-refractivity contribution is -0.249. The van der Waals surface area contributed by atoms with Crippen LogP contribution in [0.2, 0.25) is 0 Å². The molecule has 1 aromatic carbocycles. The fraction of sp³-hybridized carbons (Fsp3) is 0.655. The number of rotatable bonds is 25. The molecule has 5 aliphatic rings. The Bertz CT molecular complexity index is 2190. The van der Waals surface area contributed by atoms with E-state index in [1.165, 1.54) is 5.57 Å². The van der Waals surface area contributed by atoms with Crippen molar-refractivity contribution in [3.8, 4) is 11.5 Å². The average molecular weight is 1070 g/mol. The number of unbranched alkanes of at least 4 members (excludes halogenated alkanes) is 1. The maximum Gasteiger partial charge on any atom is 0.338 e. The highest BCUT2D eigenvalue weighted by Crippen LogP contribution is 2.59. The summed E-state index contributed by atoms with van der Waals surface area (Å²) < 4.78 is 46.1. The molecule has 1 N–H and O–H groups in total. The zero-order valence-electron chi connectivity index (χ0n) is 42.9. The Labute approximate surface area is 443 Å². The molecule has 4 saturated carbocycles. The molecule has 4 fully saturated rings. The maximum atomic E-state index is 13.8. The van der Waals surface area contributed by atoms with Gasteiger partial charge >= 0.3 is 35.8 Å². The van der Waals surface area contributed by atoms with Crippen LogP contribution in [0.15, 0.2) is 56.7 Å². The predicted octanol–water partition coefficient (Wildman–Crippen LogP) is 10.7. The van der Waals surface area contributed by atoms with Gasteiger partial charge < -0.3 is 37.9 Å². The van der Waals surface area contributed by atoms with E-state index in [1.54, 1.807) is 26.0 Å². The lowest BCUT2D eigenvalue weighted by atomic mass is 9.78. The minimum atomic E-state index is -0.792. The number of hydrogen-bond donors (Lipinski definition) is 1. The Morgan fingerprint density at radius 2 is 1.12 bits per heavy atom. The van der Waals surface area contributed by atoms with E-state index in [2.05, 4.69) is 22.9 Å². The van der Waals surface area contributed by atoms with E-state index >= 15 is 0 Å². The summed E-state index contributed by atoms with van der Waals surface area (Å²) in [6, 6.07) is 3.12. The minimum Gasteiger partial charge on any atom is -0.468 e. The van der Waals surface area contributed by atoms with Crippen molar-refractivity contribution >= 4 is 59.3 Å². The largest absolute Gasteiger partial charge is 0.468 e. The number of allylic oxidation sites excluding steroid dienone is 1. The molecule has 1 aromatic rings. The zero-order valence-corrected chi connectivity index (χ0v) is 44.5. The van der Waals surface area contributed by atoms with Crippen LogP contribution in [0.4, 0.5) is 0 Å². The van der Waals surface area contributed by atoms with Gasteiger partial charge in [0.1, 0.15) is 30.3 Å². The van der Waals surface area contributed by atoms with Crippen LogP contribution in [0.3, 0.4) is 0 Å². The molecule has 19 heteroatoms. The first-order valence-corrected chi connectivity index (χ1v) is 28.0. The number of esters is 6. The number of fused-ring (bicyclic) bond motifs is 1. The third-order valence-electron chi connectivity index (χ3n) is 14.3. The highest BCUT2D eigenvalue weighted by molar-refractivity contribution is 8.24. The summed E-state index contributed by atoms with van der Waals surface area (Å²) >= 11 is 2.16. The van der Waals surface area contributed by atoms with Crippen molar-refractivity contribution in [2.24, 2.45) is 29.6 Å². The maximum absolute atomic E-state index is 13.8. The third kappa shape index (κ3) is 17.7. The van der Waals surface area contributed by atoms with Crippen LogP contribution < -0.4 is 9.47 Å². The van der Waals surface area contributed by atoms with Crippen LogP contribution in [-0.2, 0) is 62.1 Å². The molecule has 0 unspecified atom stereocenters. The van der Waals surface area contributed by atoms with Crippen LogP contribution >= 0.6 is 23.5 Å². The van der Waals surface area contributed by atoms with Crippen LogP contribution in [0.1, 0.15) is 142 Å². The van der Waals surface area contributed by atoms with Gasteiger partial charge in [-0.3, -0.25) is 29.2 Å². The summed E-state index contributed by atoms with van der Waals surface area (Å²) in [5.41, 5.74) is 0.935. The van der Waals surface area contributed by atoms with Gasteiger partial charge in [0.15, 0.2) is 0 Å². The lowest BCUT2D eigenvalue weighted by Gasteiger charge is -2.31. The summed E-state index contributed by atoms with van der Waals surface area (Å²) in [6.07, 6.45) is 13.3. The molecule has 1 aliphatic heterocycles. The summed E-state index contributed by atoms with van der Waals surface area (Å²) in [5, 5.41) is 8.41. The number of carbonyl (C=O) groups is 6. The van der Waals surface area contributed by atoms with Crippen LogP contribution in [-0.4, -0.2) is 98.5 Å². The second kappa shape index (κ2) is 30.1. The molecule has 1 heterocycles. The fourth-order valence-electron chi connectivity index (χ4n) is 10.1. The van der Waals surface area contributed by atoms with Crippen molar-refractivity contribution in [2.45, 2.75) is 176 Å². The molecular weight excluding hydrogens is 995 g/mol. The van der Waals surface area contributed by atoms with Gasteiger partial charge in [-0.15, -0.1) is 0 Å². The van der Waals surface area contributed by atoms with Gasteiger partial charge in [-0.25, -0.2) is 14.5 Å². The molecular formula is C55H73NO16S2. The zero-order chi connectivity index (χ0) is 53.0. The van der Waals surface area contributed by atoms with Gasteiger partial charge in [0, 0.05) is 19.3 Å². The Kier molecular flexibility index (Phi) is 23.8. The topological polar surface area (TPSA) is 210 Å². The van der Waals surface area contributed by atoms with Gasteiger partial charge in [-0.2, -0.15) is 0 Å². The standard InChI is InChI=1S/C55H73NO16S2/c1-6-46(57)66-31-8-7-30-65-41-21-15-38(16-22-41)51(59)70-43-25-19-40(20-26-43)53(61)72-45-28-27-44(48-49(45)74-55(73-48)47(56-5)54(62)68-34(2)3)71-52(60)39-17-23-42(24-18-39)69-50(58)37-13-11-36(12-14-37)35(4)10-9-29-64-32-33-67-63/h6,27-28,34,36-43,63H,1,4,7-26,29-33H2,2-3H3. The molecule has 17 nitrogen and oxygen atoms in total. The van der Waals surface area contributed by atoms with Crippen molar-refractivity contribution in [2.75, 3.05) is 33.0 Å². The SMILES string of the molecule is [C-]#[N+]C(C(=O)OC(C)C)=C1Sc2c(OC(=O)C3CCC(OC(=O)C4CCC(OCCCCOC(=O)C=C)CC4)CC3)ccc(OC(=O)C3CCC(OC(=O)C4CCC(C(=C)CCCOCCOO)CC4)CC3)c2S1. The van der Waals surface area contributed by atoms with E-state index in [4.69, 9.17) is 49.7 Å². The van der Waals surface area contributed by atoms with Gasteiger partial charge in [0.25, 0.3) is 5.70 Å².